The summed E-state index contributed by atoms with van der Waals surface area (Å²) in [7, 11) is 0. The molecule has 5 nitrogen and oxygen atoms in total. The first-order valence-corrected chi connectivity index (χ1v) is 5.46. The van der Waals surface area contributed by atoms with Crippen molar-refractivity contribution in [2.24, 2.45) is 5.73 Å². The summed E-state index contributed by atoms with van der Waals surface area (Å²) in [5.74, 6) is -0.288. The van der Waals surface area contributed by atoms with Gasteiger partial charge < -0.3 is 10.5 Å². The van der Waals surface area contributed by atoms with Crippen molar-refractivity contribution in [3.05, 3.63) is 35.9 Å². The fourth-order valence-electron chi connectivity index (χ4n) is 1.74. The number of hydrogen-bond donors (Lipinski definition) is 1. The van der Waals surface area contributed by atoms with Crippen LogP contribution < -0.4 is 5.73 Å². The lowest BCUT2D eigenvalue weighted by atomic mass is 10.0. The summed E-state index contributed by atoms with van der Waals surface area (Å²) in [4.78, 5) is 24.1. The van der Waals surface area contributed by atoms with E-state index in [1.807, 2.05) is 30.3 Å². The molecule has 0 radical (unpaired) electrons. The summed E-state index contributed by atoms with van der Waals surface area (Å²) in [5.41, 5.74) is 6.79. The zero-order valence-electron chi connectivity index (χ0n) is 9.74. The highest BCUT2D eigenvalue weighted by molar-refractivity contribution is 5.93. The van der Waals surface area contributed by atoms with Crippen LogP contribution in [0.15, 0.2) is 30.3 Å². The number of carbonyl (C=O) groups is 2. The minimum atomic E-state index is -0.574. The van der Waals surface area contributed by atoms with Crippen LogP contribution in [-0.4, -0.2) is 30.1 Å². The molecular formula is C12H15ClN2O3. The molecule has 2 N–H and O–H groups in total. The lowest BCUT2D eigenvalue weighted by molar-refractivity contribution is -0.128. The standard InChI is InChI=1S/C12H14N2O3.ClH/c13-10(9-4-2-1-3-5-9)8-11(15)14-6-7-17-12(14)16;/h1-5,10H,6-8,13H2;1H. The third-order valence-corrected chi connectivity index (χ3v) is 2.68. The molecule has 6 heteroatoms. The van der Waals surface area contributed by atoms with E-state index in [0.29, 0.717) is 6.54 Å². The lowest BCUT2D eigenvalue weighted by Crippen LogP contribution is -2.33. The number of carbonyl (C=O) groups excluding carboxylic acids is 2. The van der Waals surface area contributed by atoms with Gasteiger partial charge in [-0.15, -0.1) is 12.4 Å². The normalized spacial score (nSPS) is 15.8. The summed E-state index contributed by atoms with van der Waals surface area (Å²) >= 11 is 0. The minimum absolute atomic E-state index is 0. The Labute approximate surface area is 111 Å². The first-order chi connectivity index (χ1) is 8.18. The summed E-state index contributed by atoms with van der Waals surface area (Å²) in [6, 6.07) is 8.95. The first kappa shape index (κ1) is 14.5. The number of imide groups is 1. The summed E-state index contributed by atoms with van der Waals surface area (Å²) in [6.07, 6.45) is -0.464. The Bertz CT molecular complexity index is 425. The number of ether oxygens (including phenoxy) is 1. The van der Waals surface area contributed by atoms with E-state index >= 15 is 0 Å². The number of benzene rings is 1. The molecule has 1 fully saturated rings. The number of cyclic esters (lactones) is 1. The molecule has 2 rings (SSSR count). The van der Waals surface area contributed by atoms with Gasteiger partial charge in [-0.2, -0.15) is 0 Å². The fraction of sp³-hybridized carbons (Fsp3) is 0.333. The molecule has 2 amide bonds. The van der Waals surface area contributed by atoms with E-state index in [9.17, 15) is 9.59 Å². The Morgan fingerprint density at radius 2 is 2.06 bits per heavy atom. The van der Waals surface area contributed by atoms with Crippen LogP contribution in [0.4, 0.5) is 4.79 Å². The number of nitrogens with zero attached hydrogens (tertiary/aromatic N) is 1. The Morgan fingerprint density at radius 1 is 1.39 bits per heavy atom. The minimum Gasteiger partial charge on any atom is -0.447 e. The zero-order valence-corrected chi connectivity index (χ0v) is 10.6. The smallest absolute Gasteiger partial charge is 0.416 e. The van der Waals surface area contributed by atoms with Gasteiger partial charge >= 0.3 is 6.09 Å². The van der Waals surface area contributed by atoms with Gasteiger partial charge in [0.05, 0.1) is 6.54 Å². The molecule has 98 valence electrons. The highest BCUT2D eigenvalue weighted by Crippen LogP contribution is 2.16. The van der Waals surface area contributed by atoms with E-state index in [-0.39, 0.29) is 31.3 Å². The second kappa shape index (κ2) is 6.37. The quantitative estimate of drug-likeness (QED) is 0.903. The molecule has 1 aliphatic heterocycles. The molecule has 1 saturated heterocycles. The van der Waals surface area contributed by atoms with Crippen molar-refractivity contribution in [2.75, 3.05) is 13.2 Å². The third kappa shape index (κ3) is 3.21. The van der Waals surface area contributed by atoms with Crippen LogP contribution in [-0.2, 0) is 9.53 Å². The molecule has 1 aromatic rings. The molecule has 1 aromatic carbocycles. The molecular weight excluding hydrogens is 256 g/mol. The van der Waals surface area contributed by atoms with Gasteiger partial charge in [0.1, 0.15) is 6.61 Å². The Balaban J connectivity index is 0.00000162. The van der Waals surface area contributed by atoms with Gasteiger partial charge in [-0.1, -0.05) is 30.3 Å². The van der Waals surface area contributed by atoms with Gasteiger partial charge in [-0.05, 0) is 5.56 Å². The highest BCUT2D eigenvalue weighted by atomic mass is 35.5. The number of hydrogen-bond acceptors (Lipinski definition) is 4. The van der Waals surface area contributed by atoms with Gasteiger partial charge in [0.25, 0.3) is 0 Å². The maximum atomic E-state index is 11.8. The van der Waals surface area contributed by atoms with Gasteiger partial charge in [0.15, 0.2) is 0 Å². The second-order valence-electron chi connectivity index (χ2n) is 3.88. The van der Waals surface area contributed by atoms with Crippen molar-refractivity contribution in [1.82, 2.24) is 4.90 Å². The molecule has 1 aliphatic rings. The number of nitrogens with two attached hydrogens (primary N) is 1. The maximum Gasteiger partial charge on any atom is 0.416 e. The monoisotopic (exact) mass is 270 g/mol. The predicted molar refractivity (Wildman–Crippen MR) is 68.3 cm³/mol. The molecule has 0 saturated carbocycles. The SMILES string of the molecule is Cl.NC(CC(=O)N1CCOC1=O)c1ccccc1. The Hall–Kier alpha value is -1.59. The first-order valence-electron chi connectivity index (χ1n) is 5.46. The lowest BCUT2D eigenvalue weighted by Gasteiger charge is -2.15. The average molecular weight is 271 g/mol. The van der Waals surface area contributed by atoms with Crippen LogP contribution in [0.1, 0.15) is 18.0 Å². The molecule has 1 heterocycles. The largest absolute Gasteiger partial charge is 0.447 e. The molecule has 1 unspecified atom stereocenters. The van der Waals surface area contributed by atoms with Crippen LogP contribution >= 0.6 is 12.4 Å². The van der Waals surface area contributed by atoms with Crippen LogP contribution in [0.2, 0.25) is 0 Å². The van der Waals surface area contributed by atoms with Crippen molar-refractivity contribution in [3.63, 3.8) is 0 Å². The van der Waals surface area contributed by atoms with Crippen molar-refractivity contribution < 1.29 is 14.3 Å². The van der Waals surface area contributed by atoms with Crippen molar-refractivity contribution in [1.29, 1.82) is 0 Å². The van der Waals surface area contributed by atoms with Gasteiger partial charge in [0, 0.05) is 12.5 Å². The highest BCUT2D eigenvalue weighted by Gasteiger charge is 2.29. The van der Waals surface area contributed by atoms with Crippen LogP contribution in [0.3, 0.4) is 0 Å². The fourth-order valence-corrected chi connectivity index (χ4v) is 1.74. The Morgan fingerprint density at radius 3 is 2.61 bits per heavy atom. The van der Waals surface area contributed by atoms with Gasteiger partial charge in [-0.25, -0.2) is 9.69 Å². The van der Waals surface area contributed by atoms with Crippen molar-refractivity contribution in [2.45, 2.75) is 12.5 Å². The maximum absolute atomic E-state index is 11.8. The third-order valence-electron chi connectivity index (χ3n) is 2.68. The number of rotatable bonds is 3. The summed E-state index contributed by atoms with van der Waals surface area (Å²) < 4.78 is 4.70. The van der Waals surface area contributed by atoms with Gasteiger partial charge in [0.2, 0.25) is 5.91 Å². The zero-order chi connectivity index (χ0) is 12.3. The summed E-state index contributed by atoms with van der Waals surface area (Å²) in [6.45, 7) is 0.588. The van der Waals surface area contributed by atoms with Gasteiger partial charge in [-0.3, -0.25) is 4.79 Å². The van der Waals surface area contributed by atoms with Crippen LogP contribution in [0.5, 0.6) is 0 Å². The van der Waals surface area contributed by atoms with E-state index in [1.165, 1.54) is 0 Å². The molecule has 0 spiro atoms. The predicted octanol–water partition coefficient (Wildman–Crippen LogP) is 1.48. The van der Waals surface area contributed by atoms with E-state index < -0.39 is 12.1 Å². The summed E-state index contributed by atoms with van der Waals surface area (Å²) in [5, 5.41) is 0. The van der Waals surface area contributed by atoms with Crippen LogP contribution in [0.25, 0.3) is 0 Å². The van der Waals surface area contributed by atoms with Crippen molar-refractivity contribution in [3.8, 4) is 0 Å². The topological polar surface area (TPSA) is 72.6 Å². The molecule has 0 bridgehead atoms. The molecule has 0 aromatic heterocycles. The Kier molecular flexibility index (Phi) is 5.12. The van der Waals surface area contributed by atoms with E-state index in [0.717, 1.165) is 10.5 Å². The molecule has 1 atom stereocenters. The average Bonchev–Trinajstić information content (AvgIpc) is 2.76. The van der Waals surface area contributed by atoms with Crippen molar-refractivity contribution >= 4 is 24.4 Å². The van der Waals surface area contributed by atoms with E-state index in [4.69, 9.17) is 10.5 Å². The number of halogens is 1. The van der Waals surface area contributed by atoms with E-state index in [1.54, 1.807) is 0 Å². The number of amides is 2. The second-order valence-corrected chi connectivity index (χ2v) is 3.88. The molecule has 18 heavy (non-hydrogen) atoms. The molecule has 0 aliphatic carbocycles. The van der Waals surface area contributed by atoms with Crippen LogP contribution in [0, 0.1) is 0 Å². The van der Waals surface area contributed by atoms with E-state index in [2.05, 4.69) is 0 Å².